The number of carbonyl (C=O) groups is 2. The van der Waals surface area contributed by atoms with Crippen LogP contribution in [-0.4, -0.2) is 11.6 Å². The number of hydrogen-bond acceptors (Lipinski definition) is 2. The summed E-state index contributed by atoms with van der Waals surface area (Å²) >= 11 is 0. The first kappa shape index (κ1) is 10.7. The summed E-state index contributed by atoms with van der Waals surface area (Å²) in [6.45, 7) is 0. The zero-order chi connectivity index (χ0) is 11.8. The molecule has 0 spiro atoms. The van der Waals surface area contributed by atoms with Gasteiger partial charge in [0.05, 0.1) is 0 Å². The Balaban J connectivity index is 2.03. The Morgan fingerprint density at radius 3 is 1.71 bits per heavy atom. The summed E-state index contributed by atoms with van der Waals surface area (Å²) in [4.78, 5) is 24.8. The predicted octanol–water partition coefficient (Wildman–Crippen LogP) is 2.73. The van der Waals surface area contributed by atoms with E-state index in [0.717, 1.165) is 31.2 Å². The van der Waals surface area contributed by atoms with Gasteiger partial charge in [0.25, 0.3) is 0 Å². The normalized spacial score (nSPS) is 32.6. The molecule has 17 heavy (non-hydrogen) atoms. The molecular formula is C15H16O2. The van der Waals surface area contributed by atoms with Crippen molar-refractivity contribution < 1.29 is 9.59 Å². The monoisotopic (exact) mass is 228 g/mol. The molecule has 0 atom stereocenters. The number of rotatable bonds is 1. The van der Waals surface area contributed by atoms with Crippen molar-refractivity contribution in [3.8, 4) is 0 Å². The highest BCUT2D eigenvalue weighted by molar-refractivity contribution is 6.10. The van der Waals surface area contributed by atoms with E-state index in [1.54, 1.807) is 0 Å². The quantitative estimate of drug-likeness (QED) is 0.692. The second-order valence-corrected chi connectivity index (χ2v) is 5.20. The molecule has 0 aromatic heterocycles. The van der Waals surface area contributed by atoms with Crippen LogP contribution in [0.3, 0.4) is 0 Å². The van der Waals surface area contributed by atoms with Crippen LogP contribution in [0.5, 0.6) is 0 Å². The number of carbonyl (C=O) groups excluding carboxylic acids is 2. The van der Waals surface area contributed by atoms with Gasteiger partial charge in [0, 0.05) is 11.8 Å². The number of ketones is 2. The third-order valence-electron chi connectivity index (χ3n) is 4.23. The van der Waals surface area contributed by atoms with Crippen LogP contribution in [0.4, 0.5) is 0 Å². The van der Waals surface area contributed by atoms with E-state index < -0.39 is 5.92 Å². The van der Waals surface area contributed by atoms with Crippen LogP contribution in [0, 0.1) is 11.8 Å². The summed E-state index contributed by atoms with van der Waals surface area (Å²) in [5.74, 6) is 0.115. The Bertz CT molecular complexity index is 417. The van der Waals surface area contributed by atoms with Crippen LogP contribution >= 0.6 is 0 Å². The average molecular weight is 228 g/mol. The Hall–Kier alpha value is -1.44. The van der Waals surface area contributed by atoms with Crippen LogP contribution in [-0.2, 0) is 9.59 Å². The third kappa shape index (κ3) is 1.72. The maximum absolute atomic E-state index is 12.4. The summed E-state index contributed by atoms with van der Waals surface area (Å²) in [6.07, 6.45) is 3.66. The maximum atomic E-state index is 12.4. The lowest BCUT2D eigenvalue weighted by Crippen LogP contribution is -2.24. The van der Waals surface area contributed by atoms with Crippen molar-refractivity contribution in [2.45, 2.75) is 31.6 Å². The molecule has 0 amide bonds. The first-order valence-electron chi connectivity index (χ1n) is 6.40. The minimum atomic E-state index is -0.476. The summed E-state index contributed by atoms with van der Waals surface area (Å²) in [5, 5.41) is 0. The van der Waals surface area contributed by atoms with Gasteiger partial charge in [-0.25, -0.2) is 0 Å². The highest BCUT2D eigenvalue weighted by Gasteiger charge is 2.43. The van der Waals surface area contributed by atoms with Crippen molar-refractivity contribution in [3.63, 3.8) is 0 Å². The van der Waals surface area contributed by atoms with E-state index in [2.05, 4.69) is 0 Å². The molecule has 2 heteroatoms. The van der Waals surface area contributed by atoms with Crippen LogP contribution in [0.2, 0.25) is 0 Å². The van der Waals surface area contributed by atoms with Gasteiger partial charge in [-0.2, -0.15) is 0 Å². The van der Waals surface area contributed by atoms with Crippen LogP contribution in [0.15, 0.2) is 30.3 Å². The van der Waals surface area contributed by atoms with Gasteiger partial charge in [-0.05, 0) is 31.2 Å². The van der Waals surface area contributed by atoms with Gasteiger partial charge in [0.1, 0.15) is 5.92 Å². The van der Waals surface area contributed by atoms with E-state index in [1.165, 1.54) is 0 Å². The Labute approximate surface area is 101 Å². The minimum absolute atomic E-state index is 0.128. The lowest BCUT2D eigenvalue weighted by molar-refractivity contribution is -0.130. The largest absolute Gasteiger partial charge is 0.298 e. The summed E-state index contributed by atoms with van der Waals surface area (Å²) in [6, 6.07) is 9.55. The van der Waals surface area contributed by atoms with E-state index >= 15 is 0 Å². The molecular weight excluding hydrogens is 212 g/mol. The fourth-order valence-electron chi connectivity index (χ4n) is 3.25. The Morgan fingerprint density at radius 1 is 0.765 bits per heavy atom. The topological polar surface area (TPSA) is 34.1 Å². The van der Waals surface area contributed by atoms with Crippen molar-refractivity contribution in [2.24, 2.45) is 11.8 Å². The summed E-state index contributed by atoms with van der Waals surface area (Å²) in [7, 11) is 0. The zero-order valence-electron chi connectivity index (χ0n) is 9.76. The molecule has 88 valence electrons. The van der Waals surface area contributed by atoms with Crippen molar-refractivity contribution in [1.29, 1.82) is 0 Å². The standard InChI is InChI=1S/C15H16O2/c16-14-11-6-7-12(9-8-11)15(17)13(14)10-4-2-1-3-5-10/h1-5,11-13H,6-9H2. The molecule has 3 saturated carbocycles. The molecule has 2 nitrogen and oxygen atoms in total. The SMILES string of the molecule is O=C1C2CCC(CC2)C(=O)C1c1ccccc1. The van der Waals surface area contributed by atoms with Crippen molar-refractivity contribution in [3.05, 3.63) is 35.9 Å². The van der Waals surface area contributed by atoms with E-state index in [0.29, 0.717) is 0 Å². The smallest absolute Gasteiger partial charge is 0.150 e. The van der Waals surface area contributed by atoms with Gasteiger partial charge >= 0.3 is 0 Å². The number of Topliss-reactive ketones (excluding diaryl/α,β-unsaturated/α-hetero) is 2. The van der Waals surface area contributed by atoms with Crippen molar-refractivity contribution in [1.82, 2.24) is 0 Å². The molecule has 1 aromatic rings. The van der Waals surface area contributed by atoms with E-state index in [1.807, 2.05) is 30.3 Å². The highest BCUT2D eigenvalue weighted by atomic mass is 16.2. The third-order valence-corrected chi connectivity index (χ3v) is 4.23. The van der Waals surface area contributed by atoms with Crippen LogP contribution in [0.1, 0.15) is 37.2 Å². The van der Waals surface area contributed by atoms with E-state index in [4.69, 9.17) is 0 Å². The predicted molar refractivity (Wildman–Crippen MR) is 64.6 cm³/mol. The molecule has 0 heterocycles. The minimum Gasteiger partial charge on any atom is -0.298 e. The lowest BCUT2D eigenvalue weighted by Gasteiger charge is -2.19. The molecule has 3 aliphatic carbocycles. The van der Waals surface area contributed by atoms with Gasteiger partial charge in [-0.1, -0.05) is 30.3 Å². The summed E-state index contributed by atoms with van der Waals surface area (Å²) < 4.78 is 0. The average Bonchev–Trinajstić information content (AvgIpc) is 2.57. The van der Waals surface area contributed by atoms with Crippen LogP contribution in [0.25, 0.3) is 0 Å². The fourth-order valence-corrected chi connectivity index (χ4v) is 3.25. The molecule has 4 rings (SSSR count). The molecule has 3 fully saturated rings. The van der Waals surface area contributed by atoms with Gasteiger partial charge in [0.2, 0.25) is 0 Å². The highest BCUT2D eigenvalue weighted by Crippen LogP contribution is 2.41. The number of fused-ring (bicyclic) bond motifs is 4. The molecule has 0 unspecified atom stereocenters. The van der Waals surface area contributed by atoms with Gasteiger partial charge in [-0.15, -0.1) is 0 Å². The molecule has 2 bridgehead atoms. The second kappa shape index (κ2) is 4.10. The fraction of sp³-hybridized carbons (Fsp3) is 0.467. The van der Waals surface area contributed by atoms with E-state index in [9.17, 15) is 9.59 Å². The Kier molecular flexibility index (Phi) is 2.58. The summed E-state index contributed by atoms with van der Waals surface area (Å²) in [5.41, 5.74) is 0.890. The number of hydrogen-bond donors (Lipinski definition) is 0. The molecule has 0 radical (unpaired) electrons. The van der Waals surface area contributed by atoms with Gasteiger partial charge in [0.15, 0.2) is 11.6 Å². The maximum Gasteiger partial charge on any atom is 0.150 e. The molecule has 0 N–H and O–H groups in total. The van der Waals surface area contributed by atoms with Crippen molar-refractivity contribution >= 4 is 11.6 Å². The van der Waals surface area contributed by atoms with Gasteiger partial charge < -0.3 is 0 Å². The van der Waals surface area contributed by atoms with Crippen LogP contribution < -0.4 is 0 Å². The van der Waals surface area contributed by atoms with E-state index in [-0.39, 0.29) is 23.4 Å². The Morgan fingerprint density at radius 2 is 1.24 bits per heavy atom. The molecule has 0 saturated heterocycles. The zero-order valence-corrected chi connectivity index (χ0v) is 9.76. The first-order chi connectivity index (χ1) is 8.27. The van der Waals surface area contributed by atoms with Gasteiger partial charge in [-0.3, -0.25) is 9.59 Å². The molecule has 1 aromatic carbocycles. The number of benzene rings is 1. The second-order valence-electron chi connectivity index (χ2n) is 5.20. The molecule has 0 aliphatic heterocycles. The molecule has 3 aliphatic rings. The first-order valence-corrected chi connectivity index (χ1v) is 6.40. The lowest BCUT2D eigenvalue weighted by atomic mass is 9.84. The van der Waals surface area contributed by atoms with Crippen molar-refractivity contribution in [2.75, 3.05) is 0 Å².